The average Bonchev–Trinajstić information content (AvgIpc) is 1.99. The molecule has 1 rings (SSSR count). The van der Waals surface area contributed by atoms with E-state index in [2.05, 4.69) is 33.0 Å². The smallest absolute Gasteiger partial charge is 0.0613 e. The molecule has 1 fully saturated rings. The van der Waals surface area contributed by atoms with Crippen LogP contribution in [0.25, 0.3) is 0 Å². The first-order valence-corrected chi connectivity index (χ1v) is 6.18. The van der Waals surface area contributed by atoms with Gasteiger partial charge in [-0.2, -0.15) is 0 Å². The SMILES string of the molecule is COCC(C)NC1CC(C)CC(C)(C)C1. The number of nitrogens with one attached hydrogen (secondary N) is 1. The van der Waals surface area contributed by atoms with Crippen LogP contribution in [0.2, 0.25) is 0 Å². The summed E-state index contributed by atoms with van der Waals surface area (Å²) in [5, 5.41) is 3.68. The lowest BCUT2D eigenvalue weighted by Crippen LogP contribution is -2.45. The Morgan fingerprint density at radius 1 is 1.40 bits per heavy atom. The minimum Gasteiger partial charge on any atom is -0.383 e. The molecule has 0 saturated heterocycles. The quantitative estimate of drug-likeness (QED) is 0.775. The van der Waals surface area contributed by atoms with Gasteiger partial charge in [0, 0.05) is 19.2 Å². The molecule has 1 N–H and O–H groups in total. The van der Waals surface area contributed by atoms with Gasteiger partial charge >= 0.3 is 0 Å². The Labute approximate surface area is 94.8 Å². The molecule has 2 nitrogen and oxygen atoms in total. The molecule has 3 unspecified atom stereocenters. The third-order valence-corrected chi connectivity index (χ3v) is 3.32. The molecular formula is C13H27NO. The highest BCUT2D eigenvalue weighted by atomic mass is 16.5. The van der Waals surface area contributed by atoms with Crippen molar-refractivity contribution in [3.8, 4) is 0 Å². The molecule has 0 amide bonds. The molecule has 0 heterocycles. The molecule has 90 valence electrons. The van der Waals surface area contributed by atoms with E-state index >= 15 is 0 Å². The van der Waals surface area contributed by atoms with E-state index in [1.165, 1.54) is 19.3 Å². The Kier molecular flexibility index (Phi) is 4.60. The van der Waals surface area contributed by atoms with Crippen molar-refractivity contribution in [3.63, 3.8) is 0 Å². The van der Waals surface area contributed by atoms with Gasteiger partial charge in [-0.1, -0.05) is 20.8 Å². The second kappa shape index (κ2) is 5.31. The molecule has 0 aromatic rings. The lowest BCUT2D eigenvalue weighted by molar-refractivity contribution is 0.121. The summed E-state index contributed by atoms with van der Waals surface area (Å²) in [7, 11) is 1.77. The van der Waals surface area contributed by atoms with Gasteiger partial charge in [0.2, 0.25) is 0 Å². The van der Waals surface area contributed by atoms with Gasteiger partial charge in [0.05, 0.1) is 6.61 Å². The molecule has 15 heavy (non-hydrogen) atoms. The Morgan fingerprint density at radius 2 is 2.07 bits per heavy atom. The molecule has 2 heteroatoms. The first-order valence-electron chi connectivity index (χ1n) is 6.18. The van der Waals surface area contributed by atoms with Crippen molar-refractivity contribution in [1.29, 1.82) is 0 Å². The second-order valence-corrected chi connectivity index (χ2v) is 6.13. The molecule has 1 aliphatic rings. The number of ether oxygens (including phenoxy) is 1. The zero-order valence-electron chi connectivity index (χ0n) is 11.0. The molecule has 0 aliphatic heterocycles. The molecule has 0 radical (unpaired) electrons. The maximum atomic E-state index is 5.16. The average molecular weight is 213 g/mol. The summed E-state index contributed by atoms with van der Waals surface area (Å²) in [4.78, 5) is 0. The van der Waals surface area contributed by atoms with Gasteiger partial charge in [0.15, 0.2) is 0 Å². The van der Waals surface area contributed by atoms with Crippen LogP contribution in [-0.2, 0) is 4.74 Å². The largest absolute Gasteiger partial charge is 0.383 e. The predicted octanol–water partition coefficient (Wildman–Crippen LogP) is 2.83. The molecule has 0 bridgehead atoms. The topological polar surface area (TPSA) is 21.3 Å². The zero-order valence-corrected chi connectivity index (χ0v) is 11.0. The monoisotopic (exact) mass is 213 g/mol. The van der Waals surface area contributed by atoms with Gasteiger partial charge in [0.1, 0.15) is 0 Å². The maximum Gasteiger partial charge on any atom is 0.0613 e. The normalized spacial score (nSPS) is 32.6. The Hall–Kier alpha value is -0.0800. The van der Waals surface area contributed by atoms with E-state index in [1.807, 2.05) is 0 Å². The Morgan fingerprint density at radius 3 is 2.60 bits per heavy atom. The standard InChI is InChI=1S/C13H27NO/c1-10-6-12(8-13(3,4)7-10)14-11(2)9-15-5/h10-12,14H,6-9H2,1-5H3. The molecule has 0 aromatic carbocycles. The predicted molar refractivity (Wildman–Crippen MR) is 65.1 cm³/mol. The number of hydrogen-bond donors (Lipinski definition) is 1. The van der Waals surface area contributed by atoms with Crippen LogP contribution in [-0.4, -0.2) is 25.8 Å². The van der Waals surface area contributed by atoms with Crippen molar-refractivity contribution in [2.45, 2.75) is 59.0 Å². The maximum absolute atomic E-state index is 5.16. The van der Waals surface area contributed by atoms with E-state index in [-0.39, 0.29) is 0 Å². The Bertz CT molecular complexity index is 191. The lowest BCUT2D eigenvalue weighted by Gasteiger charge is -2.40. The number of rotatable bonds is 4. The van der Waals surface area contributed by atoms with Gasteiger partial charge in [0.25, 0.3) is 0 Å². The lowest BCUT2D eigenvalue weighted by atomic mass is 9.70. The van der Waals surface area contributed by atoms with Gasteiger partial charge < -0.3 is 10.1 Å². The Balaban J connectivity index is 2.41. The van der Waals surface area contributed by atoms with E-state index in [4.69, 9.17) is 4.74 Å². The van der Waals surface area contributed by atoms with Crippen molar-refractivity contribution >= 4 is 0 Å². The van der Waals surface area contributed by atoms with E-state index in [1.54, 1.807) is 7.11 Å². The van der Waals surface area contributed by atoms with Gasteiger partial charge in [-0.15, -0.1) is 0 Å². The molecule has 3 atom stereocenters. The molecule has 1 aliphatic carbocycles. The van der Waals surface area contributed by atoms with E-state index < -0.39 is 0 Å². The molecule has 0 aromatic heterocycles. The van der Waals surface area contributed by atoms with Crippen LogP contribution in [0.4, 0.5) is 0 Å². The highest BCUT2D eigenvalue weighted by Gasteiger charge is 2.32. The highest BCUT2D eigenvalue weighted by molar-refractivity contribution is 4.87. The summed E-state index contributed by atoms with van der Waals surface area (Å²) in [6, 6.07) is 1.15. The van der Waals surface area contributed by atoms with Crippen LogP contribution >= 0.6 is 0 Å². The van der Waals surface area contributed by atoms with Crippen LogP contribution < -0.4 is 5.32 Å². The summed E-state index contributed by atoms with van der Waals surface area (Å²) in [5.41, 5.74) is 0.502. The van der Waals surface area contributed by atoms with E-state index in [0.29, 0.717) is 17.5 Å². The van der Waals surface area contributed by atoms with Crippen LogP contribution in [0.3, 0.4) is 0 Å². The summed E-state index contributed by atoms with van der Waals surface area (Å²) in [5.74, 6) is 0.848. The van der Waals surface area contributed by atoms with Crippen LogP contribution in [0.15, 0.2) is 0 Å². The third kappa shape index (κ3) is 4.52. The second-order valence-electron chi connectivity index (χ2n) is 6.13. The van der Waals surface area contributed by atoms with Crippen molar-refractivity contribution in [2.24, 2.45) is 11.3 Å². The van der Waals surface area contributed by atoms with Gasteiger partial charge in [-0.25, -0.2) is 0 Å². The summed E-state index contributed by atoms with van der Waals surface area (Å²) < 4.78 is 5.16. The molecular weight excluding hydrogens is 186 g/mol. The van der Waals surface area contributed by atoms with E-state index in [0.717, 1.165) is 12.5 Å². The molecule has 0 spiro atoms. The van der Waals surface area contributed by atoms with Crippen molar-refractivity contribution < 1.29 is 4.74 Å². The fraction of sp³-hybridized carbons (Fsp3) is 1.00. The summed E-state index contributed by atoms with van der Waals surface area (Å²) in [6.45, 7) is 10.2. The fourth-order valence-electron chi connectivity index (χ4n) is 3.17. The first kappa shape index (κ1) is 13.0. The van der Waals surface area contributed by atoms with Gasteiger partial charge in [-0.3, -0.25) is 0 Å². The minimum absolute atomic E-state index is 0.473. The highest BCUT2D eigenvalue weighted by Crippen LogP contribution is 2.38. The fourth-order valence-corrected chi connectivity index (χ4v) is 3.17. The third-order valence-electron chi connectivity index (χ3n) is 3.32. The number of methoxy groups -OCH3 is 1. The van der Waals surface area contributed by atoms with Crippen LogP contribution in [0.1, 0.15) is 47.0 Å². The first-order chi connectivity index (χ1) is 6.93. The minimum atomic E-state index is 0.473. The van der Waals surface area contributed by atoms with Crippen LogP contribution in [0.5, 0.6) is 0 Å². The molecule has 1 saturated carbocycles. The van der Waals surface area contributed by atoms with Crippen molar-refractivity contribution in [1.82, 2.24) is 5.32 Å². The van der Waals surface area contributed by atoms with E-state index in [9.17, 15) is 0 Å². The number of hydrogen-bond acceptors (Lipinski definition) is 2. The van der Waals surface area contributed by atoms with Crippen molar-refractivity contribution in [3.05, 3.63) is 0 Å². The zero-order chi connectivity index (χ0) is 11.5. The summed E-state index contributed by atoms with van der Waals surface area (Å²) in [6.07, 6.45) is 3.98. The van der Waals surface area contributed by atoms with Crippen LogP contribution in [0, 0.1) is 11.3 Å². The van der Waals surface area contributed by atoms with Crippen molar-refractivity contribution in [2.75, 3.05) is 13.7 Å². The van der Waals surface area contributed by atoms with Gasteiger partial charge in [-0.05, 0) is 37.5 Å². The summed E-state index contributed by atoms with van der Waals surface area (Å²) >= 11 is 0.